The average Bonchev–Trinajstić information content (AvgIpc) is 2.53. The van der Waals surface area contributed by atoms with Crippen molar-refractivity contribution in [3.63, 3.8) is 0 Å². The molecule has 2 amide bonds. The maximum Gasteiger partial charge on any atom is 0.239 e. The third-order valence-corrected chi connectivity index (χ3v) is 3.67. The van der Waals surface area contributed by atoms with Crippen LogP contribution in [0.4, 0.5) is 0 Å². The summed E-state index contributed by atoms with van der Waals surface area (Å²) in [5.74, 6) is -0.0263. The molecule has 2 rings (SSSR count). The number of hydrogen-bond acceptors (Lipinski definition) is 5. The summed E-state index contributed by atoms with van der Waals surface area (Å²) in [6.45, 7) is 4.73. The van der Waals surface area contributed by atoms with Crippen molar-refractivity contribution in [1.29, 1.82) is 0 Å². The Morgan fingerprint density at radius 2 is 1.45 bits per heavy atom. The number of carbonyl (C=O) groups is 2. The SMILES string of the molecule is NC(CCC(=O)N1CCOCC1)C(=O)N1CCOCC1. The van der Waals surface area contributed by atoms with Gasteiger partial charge in [-0.05, 0) is 6.42 Å². The minimum Gasteiger partial charge on any atom is -0.378 e. The normalized spacial score (nSPS) is 21.6. The van der Waals surface area contributed by atoms with Crippen LogP contribution in [0.15, 0.2) is 0 Å². The van der Waals surface area contributed by atoms with Crippen LogP contribution in [-0.4, -0.2) is 80.3 Å². The van der Waals surface area contributed by atoms with Crippen molar-refractivity contribution < 1.29 is 19.1 Å². The van der Waals surface area contributed by atoms with Gasteiger partial charge in [0.2, 0.25) is 11.8 Å². The molecule has 2 aliphatic heterocycles. The Morgan fingerprint density at radius 1 is 0.950 bits per heavy atom. The van der Waals surface area contributed by atoms with Gasteiger partial charge < -0.3 is 25.0 Å². The van der Waals surface area contributed by atoms with Crippen molar-refractivity contribution >= 4 is 11.8 Å². The first kappa shape index (κ1) is 15.2. The van der Waals surface area contributed by atoms with Crippen LogP contribution in [0.1, 0.15) is 12.8 Å². The number of nitrogens with two attached hydrogens (primary N) is 1. The van der Waals surface area contributed by atoms with Crippen LogP contribution >= 0.6 is 0 Å². The molecule has 2 fully saturated rings. The van der Waals surface area contributed by atoms with Gasteiger partial charge in [-0.2, -0.15) is 0 Å². The van der Waals surface area contributed by atoms with E-state index in [1.54, 1.807) is 9.80 Å². The Kier molecular flexibility index (Phi) is 5.75. The zero-order valence-corrected chi connectivity index (χ0v) is 11.8. The first-order chi connectivity index (χ1) is 9.68. The standard InChI is InChI=1S/C13H23N3O4/c14-11(13(18)16-5-9-20-10-6-16)1-2-12(17)15-3-7-19-8-4-15/h11H,1-10,14H2. The molecule has 0 radical (unpaired) electrons. The zero-order chi connectivity index (χ0) is 14.4. The van der Waals surface area contributed by atoms with Crippen molar-refractivity contribution in [1.82, 2.24) is 9.80 Å². The van der Waals surface area contributed by atoms with E-state index < -0.39 is 6.04 Å². The molecule has 7 heteroatoms. The van der Waals surface area contributed by atoms with Crippen molar-refractivity contribution in [2.45, 2.75) is 18.9 Å². The average molecular weight is 285 g/mol. The summed E-state index contributed by atoms with van der Waals surface area (Å²) < 4.78 is 10.4. The van der Waals surface area contributed by atoms with Gasteiger partial charge in [0.15, 0.2) is 0 Å². The predicted molar refractivity (Wildman–Crippen MR) is 72.0 cm³/mol. The van der Waals surface area contributed by atoms with Gasteiger partial charge in [0.25, 0.3) is 0 Å². The van der Waals surface area contributed by atoms with E-state index in [-0.39, 0.29) is 11.8 Å². The quantitative estimate of drug-likeness (QED) is 0.702. The highest BCUT2D eigenvalue weighted by molar-refractivity contribution is 5.83. The molecular formula is C13H23N3O4. The van der Waals surface area contributed by atoms with Crippen LogP contribution < -0.4 is 5.73 Å². The van der Waals surface area contributed by atoms with E-state index in [0.29, 0.717) is 65.4 Å². The molecule has 0 aromatic heterocycles. The first-order valence-corrected chi connectivity index (χ1v) is 7.16. The minimum absolute atomic E-state index is 0.0542. The lowest BCUT2D eigenvalue weighted by Gasteiger charge is -2.30. The maximum atomic E-state index is 12.1. The number of nitrogens with zero attached hydrogens (tertiary/aromatic N) is 2. The van der Waals surface area contributed by atoms with E-state index in [0.717, 1.165) is 0 Å². The van der Waals surface area contributed by atoms with E-state index >= 15 is 0 Å². The van der Waals surface area contributed by atoms with Gasteiger partial charge in [0.1, 0.15) is 0 Å². The van der Waals surface area contributed by atoms with E-state index in [9.17, 15) is 9.59 Å². The van der Waals surface area contributed by atoms with Crippen molar-refractivity contribution in [2.24, 2.45) is 5.73 Å². The lowest BCUT2D eigenvalue weighted by atomic mass is 10.1. The molecule has 0 aliphatic carbocycles. The monoisotopic (exact) mass is 285 g/mol. The Bertz CT molecular complexity index is 339. The number of rotatable bonds is 4. The lowest BCUT2D eigenvalue weighted by Crippen LogP contribution is -2.49. The largest absolute Gasteiger partial charge is 0.378 e. The molecule has 2 heterocycles. The molecule has 20 heavy (non-hydrogen) atoms. The van der Waals surface area contributed by atoms with Gasteiger partial charge in [-0.15, -0.1) is 0 Å². The molecule has 0 aromatic rings. The molecule has 0 saturated carbocycles. The fourth-order valence-corrected chi connectivity index (χ4v) is 2.39. The van der Waals surface area contributed by atoms with Gasteiger partial charge in [-0.3, -0.25) is 9.59 Å². The van der Waals surface area contributed by atoms with Crippen molar-refractivity contribution in [3.05, 3.63) is 0 Å². The molecule has 2 N–H and O–H groups in total. The predicted octanol–water partition coefficient (Wildman–Crippen LogP) is -1.19. The molecular weight excluding hydrogens is 262 g/mol. The van der Waals surface area contributed by atoms with Gasteiger partial charge in [-0.1, -0.05) is 0 Å². The van der Waals surface area contributed by atoms with Crippen molar-refractivity contribution in [2.75, 3.05) is 52.6 Å². The zero-order valence-electron chi connectivity index (χ0n) is 11.8. The second-order valence-electron chi connectivity index (χ2n) is 5.08. The van der Waals surface area contributed by atoms with E-state index in [2.05, 4.69) is 0 Å². The third-order valence-electron chi connectivity index (χ3n) is 3.67. The highest BCUT2D eigenvalue weighted by Gasteiger charge is 2.24. The van der Waals surface area contributed by atoms with Crippen LogP contribution in [-0.2, 0) is 19.1 Å². The molecule has 1 atom stereocenters. The Labute approximate surface area is 119 Å². The molecule has 1 unspecified atom stereocenters. The molecule has 7 nitrogen and oxygen atoms in total. The number of carbonyl (C=O) groups excluding carboxylic acids is 2. The highest BCUT2D eigenvalue weighted by atomic mass is 16.5. The number of hydrogen-bond donors (Lipinski definition) is 1. The van der Waals surface area contributed by atoms with E-state index in [1.807, 2.05) is 0 Å². The fourth-order valence-electron chi connectivity index (χ4n) is 2.39. The second-order valence-corrected chi connectivity index (χ2v) is 5.08. The topological polar surface area (TPSA) is 85.1 Å². The van der Waals surface area contributed by atoms with Gasteiger partial charge in [-0.25, -0.2) is 0 Å². The molecule has 114 valence electrons. The highest BCUT2D eigenvalue weighted by Crippen LogP contribution is 2.07. The lowest BCUT2D eigenvalue weighted by molar-refractivity contribution is -0.138. The number of morpholine rings is 2. The maximum absolute atomic E-state index is 12.1. The van der Waals surface area contributed by atoms with Crippen LogP contribution in [0.3, 0.4) is 0 Å². The Hall–Kier alpha value is -1.18. The van der Waals surface area contributed by atoms with Crippen LogP contribution in [0.25, 0.3) is 0 Å². The fraction of sp³-hybridized carbons (Fsp3) is 0.846. The van der Waals surface area contributed by atoms with Gasteiger partial charge in [0.05, 0.1) is 32.5 Å². The summed E-state index contributed by atoms with van der Waals surface area (Å²) in [4.78, 5) is 27.5. The minimum atomic E-state index is -0.599. The molecule has 2 saturated heterocycles. The third kappa shape index (κ3) is 4.16. The summed E-state index contributed by atoms with van der Waals surface area (Å²) in [7, 11) is 0. The summed E-state index contributed by atoms with van der Waals surface area (Å²) in [5.41, 5.74) is 5.90. The van der Waals surface area contributed by atoms with Crippen LogP contribution in [0, 0.1) is 0 Å². The summed E-state index contributed by atoms with van der Waals surface area (Å²) in [5, 5.41) is 0. The molecule has 2 aliphatic rings. The number of amides is 2. The second kappa shape index (κ2) is 7.56. The Morgan fingerprint density at radius 3 is 2.00 bits per heavy atom. The number of ether oxygens (including phenoxy) is 2. The van der Waals surface area contributed by atoms with Gasteiger partial charge >= 0.3 is 0 Å². The Balaban J connectivity index is 1.71. The first-order valence-electron chi connectivity index (χ1n) is 7.16. The van der Waals surface area contributed by atoms with E-state index in [4.69, 9.17) is 15.2 Å². The molecule has 0 spiro atoms. The van der Waals surface area contributed by atoms with Crippen molar-refractivity contribution in [3.8, 4) is 0 Å². The van der Waals surface area contributed by atoms with Crippen LogP contribution in [0.2, 0.25) is 0 Å². The smallest absolute Gasteiger partial charge is 0.239 e. The van der Waals surface area contributed by atoms with E-state index in [1.165, 1.54) is 0 Å². The molecule has 0 bridgehead atoms. The summed E-state index contributed by atoms with van der Waals surface area (Å²) >= 11 is 0. The summed E-state index contributed by atoms with van der Waals surface area (Å²) in [6, 6.07) is -0.599. The van der Waals surface area contributed by atoms with Crippen LogP contribution in [0.5, 0.6) is 0 Å². The summed E-state index contributed by atoms with van der Waals surface area (Å²) in [6.07, 6.45) is 0.712. The molecule has 0 aromatic carbocycles. The van der Waals surface area contributed by atoms with Gasteiger partial charge in [0, 0.05) is 32.6 Å².